The number of rotatable bonds is 8. The van der Waals surface area contributed by atoms with E-state index in [-0.39, 0.29) is 11.8 Å². The fraction of sp³-hybridized carbons (Fsp3) is 0.778. The Morgan fingerprint density at radius 2 is 1.42 bits per heavy atom. The number of alkyl halides is 1. The van der Waals surface area contributed by atoms with E-state index in [9.17, 15) is 12.8 Å². The summed E-state index contributed by atoms with van der Waals surface area (Å²) in [5.74, 6) is 2.85. The lowest BCUT2D eigenvalue weighted by molar-refractivity contribution is 0.385. The average molecular weight is 544 g/mol. The minimum Gasteiger partial charge on any atom is -0.269 e. The minimum atomic E-state index is -3.16. The van der Waals surface area contributed by atoms with E-state index in [1.807, 2.05) is 36.5 Å². The maximum absolute atomic E-state index is 12.3. The number of halogens is 1. The Balaban J connectivity index is 0.000000237. The summed E-state index contributed by atoms with van der Waals surface area (Å²) >= 11 is 1.98. The first-order chi connectivity index (χ1) is 17.7. The van der Waals surface area contributed by atoms with Gasteiger partial charge >= 0.3 is 0 Å². The monoisotopic (exact) mass is 543 g/mol. The van der Waals surface area contributed by atoms with E-state index in [1.54, 1.807) is 10.9 Å². The molecule has 2 aromatic rings. The van der Waals surface area contributed by atoms with Gasteiger partial charge in [0.05, 0.1) is 26.7 Å². The Morgan fingerprint density at radius 1 is 0.917 bits per heavy atom. The zero-order chi connectivity index (χ0) is 27.3. The van der Waals surface area contributed by atoms with Crippen LogP contribution in [0.1, 0.15) is 105 Å². The van der Waals surface area contributed by atoms with Gasteiger partial charge < -0.3 is 0 Å². The van der Waals surface area contributed by atoms with E-state index in [4.69, 9.17) is 1.37 Å². The van der Waals surface area contributed by atoms with Crippen LogP contribution in [-0.2, 0) is 9.84 Å². The van der Waals surface area contributed by atoms with Crippen molar-refractivity contribution >= 4 is 21.6 Å². The molecule has 2 heterocycles. The van der Waals surface area contributed by atoms with Crippen molar-refractivity contribution in [1.29, 1.82) is 0 Å². The SMILES string of the molecule is CC(C)n1cc(S(=O)(=O)CC2CCCCC2)cn1.CC(C)n1cc(SCC2CCCCC2)cn1.[2H]CF. The molecule has 0 aromatic carbocycles. The Labute approximate surface area is 224 Å². The van der Waals surface area contributed by atoms with E-state index in [1.165, 1.54) is 68.2 Å². The molecule has 0 spiro atoms. The first kappa shape index (κ1) is 29.2. The van der Waals surface area contributed by atoms with Crippen molar-refractivity contribution in [2.75, 3.05) is 18.7 Å². The molecule has 2 aliphatic rings. The molecule has 0 unspecified atom stereocenters. The second-order valence-corrected chi connectivity index (χ2v) is 13.7. The zero-order valence-electron chi connectivity index (χ0n) is 23.6. The predicted molar refractivity (Wildman–Crippen MR) is 148 cm³/mol. The lowest BCUT2D eigenvalue weighted by Gasteiger charge is -2.20. The third kappa shape index (κ3) is 10.2. The summed E-state index contributed by atoms with van der Waals surface area (Å²) < 4.78 is 43.8. The van der Waals surface area contributed by atoms with Gasteiger partial charge in [0.1, 0.15) is 4.90 Å². The smallest absolute Gasteiger partial charge is 0.181 e. The van der Waals surface area contributed by atoms with Crippen molar-refractivity contribution in [3.8, 4) is 0 Å². The van der Waals surface area contributed by atoms with Gasteiger partial charge in [-0.25, -0.2) is 8.42 Å². The van der Waals surface area contributed by atoms with Crippen molar-refractivity contribution in [3.63, 3.8) is 0 Å². The van der Waals surface area contributed by atoms with Crippen molar-refractivity contribution < 1.29 is 14.2 Å². The standard InChI is InChI=1S/C13H22N2O2S.C13H22N2S.CH3F/c1-11(2)15-9-13(8-14-15)18(16,17)10-12-6-4-3-5-7-12;1-11(2)15-9-13(8-14-15)16-10-12-6-4-3-5-7-12;1-2/h8-9,11-12H,3-7,10H2,1-2H3;8-9,11-12H,3-7,10H2,1-2H3;1H3/i;;1D. The molecule has 36 heavy (non-hydrogen) atoms. The van der Waals surface area contributed by atoms with Crippen LogP contribution in [0.5, 0.6) is 0 Å². The fourth-order valence-corrected chi connectivity index (χ4v) is 7.46. The molecule has 0 saturated heterocycles. The van der Waals surface area contributed by atoms with Gasteiger partial charge in [-0.05, 0) is 65.2 Å². The summed E-state index contributed by atoms with van der Waals surface area (Å²) in [7, 11) is -4.16. The number of sulfone groups is 1. The second kappa shape index (κ2) is 15.8. The molecule has 0 aliphatic heterocycles. The number of hydrogen-bond donors (Lipinski definition) is 0. The number of thioether (sulfide) groups is 1. The maximum atomic E-state index is 12.3. The summed E-state index contributed by atoms with van der Waals surface area (Å²) in [6.45, 7) is 8.32. The molecule has 0 amide bonds. The van der Waals surface area contributed by atoms with Crippen molar-refractivity contribution in [3.05, 3.63) is 24.8 Å². The Bertz CT molecular complexity index is 982. The molecule has 206 valence electrons. The fourth-order valence-electron chi connectivity index (χ4n) is 4.77. The Kier molecular flexibility index (Phi) is 12.8. The molecule has 0 radical (unpaired) electrons. The van der Waals surface area contributed by atoms with Gasteiger partial charge in [0.2, 0.25) is 0 Å². The molecule has 9 heteroatoms. The van der Waals surface area contributed by atoms with Gasteiger partial charge in [-0.15, -0.1) is 11.8 Å². The van der Waals surface area contributed by atoms with Gasteiger partial charge in [0, 0.05) is 35.1 Å². The molecular weight excluding hydrogens is 495 g/mol. The normalized spacial score (nSPS) is 17.8. The third-order valence-corrected chi connectivity index (χ3v) is 9.98. The average Bonchev–Trinajstić information content (AvgIpc) is 3.56. The molecule has 0 N–H and O–H groups in total. The highest BCUT2D eigenvalue weighted by Crippen LogP contribution is 2.30. The largest absolute Gasteiger partial charge is 0.269 e. The van der Waals surface area contributed by atoms with Gasteiger partial charge in [0.25, 0.3) is 0 Å². The number of nitrogens with zero attached hydrogens (tertiary/aromatic N) is 4. The zero-order valence-corrected chi connectivity index (χ0v) is 24.2. The van der Waals surface area contributed by atoms with Crippen LogP contribution in [0.25, 0.3) is 0 Å². The Hall–Kier alpha value is -1.35. The topological polar surface area (TPSA) is 69.8 Å². The molecule has 0 atom stereocenters. The van der Waals surface area contributed by atoms with Gasteiger partial charge in [-0.3, -0.25) is 13.8 Å². The lowest BCUT2D eigenvalue weighted by Crippen LogP contribution is -2.18. The highest BCUT2D eigenvalue weighted by atomic mass is 32.2. The lowest BCUT2D eigenvalue weighted by atomic mass is 9.91. The molecule has 2 fully saturated rings. The van der Waals surface area contributed by atoms with Crippen LogP contribution >= 0.6 is 11.8 Å². The quantitative estimate of drug-likeness (QED) is 0.322. The van der Waals surface area contributed by atoms with Crippen LogP contribution < -0.4 is 0 Å². The van der Waals surface area contributed by atoms with Crippen molar-refractivity contribution in [1.82, 2.24) is 19.6 Å². The van der Waals surface area contributed by atoms with Crippen molar-refractivity contribution in [2.24, 2.45) is 11.8 Å². The highest BCUT2D eigenvalue weighted by Gasteiger charge is 2.24. The molecule has 0 bridgehead atoms. The van der Waals surface area contributed by atoms with Gasteiger partial charge in [-0.2, -0.15) is 10.2 Å². The van der Waals surface area contributed by atoms with Gasteiger partial charge in [-0.1, -0.05) is 38.5 Å². The minimum absolute atomic E-state index is 0.198. The second-order valence-electron chi connectivity index (χ2n) is 10.6. The molecule has 6 nitrogen and oxygen atoms in total. The molecule has 2 aliphatic carbocycles. The van der Waals surface area contributed by atoms with Crippen LogP contribution in [0, 0.1) is 11.8 Å². The van der Waals surface area contributed by atoms with E-state index >= 15 is 0 Å². The first-order valence-corrected chi connectivity index (χ1v) is 16.1. The number of aromatic nitrogens is 4. The van der Waals surface area contributed by atoms with Crippen LogP contribution in [0.4, 0.5) is 4.39 Å². The van der Waals surface area contributed by atoms with Crippen LogP contribution in [0.3, 0.4) is 0 Å². The summed E-state index contributed by atoms with van der Waals surface area (Å²) in [4.78, 5) is 1.71. The molecule has 2 saturated carbocycles. The summed E-state index contributed by atoms with van der Waals surface area (Å²) in [6, 6.07) is 0.674. The highest BCUT2D eigenvalue weighted by molar-refractivity contribution is 7.99. The van der Waals surface area contributed by atoms with Gasteiger partial charge in [0.15, 0.2) is 9.84 Å². The van der Waals surface area contributed by atoms with E-state index < -0.39 is 17.0 Å². The van der Waals surface area contributed by atoms with Crippen LogP contribution in [0.15, 0.2) is 34.6 Å². The third-order valence-electron chi connectivity index (χ3n) is 6.96. The summed E-state index contributed by atoms with van der Waals surface area (Å²) in [5, 5.41) is 8.49. The van der Waals surface area contributed by atoms with E-state index in [2.05, 4.69) is 30.2 Å². The van der Waals surface area contributed by atoms with Crippen LogP contribution in [-0.4, -0.2) is 46.6 Å². The maximum Gasteiger partial charge on any atom is 0.181 e. The van der Waals surface area contributed by atoms with E-state index in [0.29, 0.717) is 16.9 Å². The Morgan fingerprint density at radius 3 is 1.92 bits per heavy atom. The molecule has 4 rings (SSSR count). The van der Waals surface area contributed by atoms with Crippen molar-refractivity contribution in [2.45, 2.75) is 114 Å². The molecule has 2 aromatic heterocycles. The molecular formula is C27H47FN4O2S2. The summed E-state index contributed by atoms with van der Waals surface area (Å²) in [5.41, 5.74) is 0. The summed E-state index contributed by atoms with van der Waals surface area (Å²) in [6.07, 6.45) is 20.2. The van der Waals surface area contributed by atoms with E-state index in [0.717, 1.165) is 18.8 Å². The number of hydrogen-bond acceptors (Lipinski definition) is 5. The predicted octanol–water partition coefficient (Wildman–Crippen LogP) is 7.54. The van der Waals surface area contributed by atoms with Crippen LogP contribution in [0.2, 0.25) is 0 Å². The first-order valence-electron chi connectivity index (χ1n) is 14.2.